The number of nitrogens with one attached hydrogen (secondary N) is 1. The fourth-order valence-electron chi connectivity index (χ4n) is 2.85. The first kappa shape index (κ1) is 12.2. The summed E-state index contributed by atoms with van der Waals surface area (Å²) in [4.78, 5) is 15.1. The Morgan fingerprint density at radius 3 is 3.16 bits per heavy atom. The minimum atomic E-state index is -0.243. The molecule has 1 N–H and O–H groups in total. The molecule has 1 aliphatic rings. The largest absolute Gasteiger partial charge is 0.466 e. The Bertz CT molecular complexity index is 632. The van der Waals surface area contributed by atoms with E-state index in [9.17, 15) is 9.18 Å². The number of fused-ring (bicyclic) bond motifs is 3. The summed E-state index contributed by atoms with van der Waals surface area (Å²) < 4.78 is 18.4. The molecule has 1 atom stereocenters. The maximum atomic E-state index is 13.4. The average Bonchev–Trinajstić information content (AvgIpc) is 2.76. The predicted octanol–water partition coefficient (Wildman–Crippen LogP) is 2.98. The van der Waals surface area contributed by atoms with Gasteiger partial charge in [-0.25, -0.2) is 4.39 Å². The normalized spacial score (nSPS) is 18.3. The van der Waals surface area contributed by atoms with Gasteiger partial charge in [-0.3, -0.25) is 4.79 Å². The highest BCUT2D eigenvalue weighted by Crippen LogP contribution is 2.32. The third-order valence-electron chi connectivity index (χ3n) is 3.77. The van der Waals surface area contributed by atoms with Crippen molar-refractivity contribution < 1.29 is 13.9 Å². The number of hydrogen-bond acceptors (Lipinski definition) is 2. The van der Waals surface area contributed by atoms with E-state index < -0.39 is 0 Å². The van der Waals surface area contributed by atoms with Gasteiger partial charge in [-0.2, -0.15) is 0 Å². The Balaban J connectivity index is 1.97. The topological polar surface area (TPSA) is 42.1 Å². The lowest BCUT2D eigenvalue weighted by Crippen LogP contribution is -2.24. The van der Waals surface area contributed by atoms with Gasteiger partial charge in [0.1, 0.15) is 5.82 Å². The highest BCUT2D eigenvalue weighted by molar-refractivity contribution is 5.86. The molecule has 4 heteroatoms. The number of carbonyl (C=O) groups excluding carboxylic acids is 1. The number of ether oxygens (including phenoxy) is 1. The molecule has 2 aromatic rings. The van der Waals surface area contributed by atoms with Gasteiger partial charge in [0.2, 0.25) is 0 Å². The van der Waals surface area contributed by atoms with Gasteiger partial charge in [-0.1, -0.05) is 0 Å². The van der Waals surface area contributed by atoms with Crippen LogP contribution in [0.15, 0.2) is 18.2 Å². The Labute approximate surface area is 110 Å². The minimum Gasteiger partial charge on any atom is -0.466 e. The summed E-state index contributed by atoms with van der Waals surface area (Å²) in [5.41, 5.74) is 3.14. The van der Waals surface area contributed by atoms with Gasteiger partial charge in [0.05, 0.1) is 12.5 Å². The van der Waals surface area contributed by atoms with Crippen LogP contribution in [-0.4, -0.2) is 17.6 Å². The Morgan fingerprint density at radius 2 is 2.37 bits per heavy atom. The lowest BCUT2D eigenvalue weighted by Gasteiger charge is -2.20. The Kier molecular flexibility index (Phi) is 3.01. The zero-order valence-electron chi connectivity index (χ0n) is 10.8. The molecule has 0 amide bonds. The molecule has 3 rings (SSSR count). The van der Waals surface area contributed by atoms with Crippen LogP contribution in [0.3, 0.4) is 0 Å². The van der Waals surface area contributed by atoms with Crippen molar-refractivity contribution in [2.24, 2.45) is 5.92 Å². The van der Waals surface area contributed by atoms with Gasteiger partial charge in [0, 0.05) is 16.6 Å². The Morgan fingerprint density at radius 1 is 1.53 bits per heavy atom. The second-order valence-electron chi connectivity index (χ2n) is 4.96. The van der Waals surface area contributed by atoms with Crippen LogP contribution >= 0.6 is 0 Å². The van der Waals surface area contributed by atoms with Crippen LogP contribution in [0.1, 0.15) is 24.6 Å². The number of carbonyl (C=O) groups is 1. The summed E-state index contributed by atoms with van der Waals surface area (Å²) in [6.45, 7) is 2.22. The number of esters is 1. The fourth-order valence-corrected chi connectivity index (χ4v) is 2.85. The van der Waals surface area contributed by atoms with Crippen LogP contribution in [0.4, 0.5) is 4.39 Å². The molecule has 1 aliphatic carbocycles. The number of hydrogen-bond donors (Lipinski definition) is 1. The molecule has 0 spiro atoms. The SMILES string of the molecule is CCOC(=O)[C@H]1CCc2[nH]c3ccc(F)cc3c2C1. The molecule has 100 valence electrons. The zero-order valence-corrected chi connectivity index (χ0v) is 10.8. The monoisotopic (exact) mass is 261 g/mol. The van der Waals surface area contributed by atoms with E-state index in [0.29, 0.717) is 13.0 Å². The summed E-state index contributed by atoms with van der Waals surface area (Å²) in [5.74, 6) is -0.485. The lowest BCUT2D eigenvalue weighted by atomic mass is 9.86. The van der Waals surface area contributed by atoms with E-state index in [0.717, 1.165) is 35.0 Å². The molecule has 19 heavy (non-hydrogen) atoms. The van der Waals surface area contributed by atoms with Crippen molar-refractivity contribution in [2.45, 2.75) is 26.2 Å². The molecule has 0 saturated heterocycles. The summed E-state index contributed by atoms with van der Waals surface area (Å²) in [5, 5.41) is 0.893. The van der Waals surface area contributed by atoms with Crippen LogP contribution in [0.5, 0.6) is 0 Å². The van der Waals surface area contributed by atoms with Crippen molar-refractivity contribution in [3.63, 3.8) is 0 Å². The second kappa shape index (κ2) is 4.68. The molecule has 3 nitrogen and oxygen atoms in total. The summed E-state index contributed by atoms with van der Waals surface area (Å²) in [6.07, 6.45) is 2.24. The van der Waals surface area contributed by atoms with Crippen LogP contribution in [0, 0.1) is 11.7 Å². The number of rotatable bonds is 2. The first-order valence-electron chi connectivity index (χ1n) is 6.64. The van der Waals surface area contributed by atoms with Crippen molar-refractivity contribution in [2.75, 3.05) is 6.61 Å². The molecule has 0 unspecified atom stereocenters. The van der Waals surface area contributed by atoms with Crippen molar-refractivity contribution in [3.8, 4) is 0 Å². The Hall–Kier alpha value is -1.84. The van der Waals surface area contributed by atoms with Crippen LogP contribution in [0.25, 0.3) is 10.9 Å². The maximum Gasteiger partial charge on any atom is 0.309 e. The molecule has 0 aliphatic heterocycles. The standard InChI is InChI=1S/C15H16FNO2/c1-2-19-15(18)9-3-5-13-11(7-9)12-8-10(16)4-6-14(12)17-13/h4,6,8-9,17H,2-3,5,7H2,1H3/t9-/m0/s1. The van der Waals surface area contributed by atoms with E-state index in [4.69, 9.17) is 4.74 Å². The summed E-state index contributed by atoms with van der Waals surface area (Å²) in [7, 11) is 0. The number of benzene rings is 1. The molecule has 1 heterocycles. The van der Waals surface area contributed by atoms with E-state index >= 15 is 0 Å². The van der Waals surface area contributed by atoms with E-state index in [1.54, 1.807) is 6.07 Å². The number of aromatic amines is 1. The molecular formula is C15H16FNO2. The van der Waals surface area contributed by atoms with Crippen molar-refractivity contribution >= 4 is 16.9 Å². The molecule has 0 bridgehead atoms. The van der Waals surface area contributed by atoms with Gasteiger partial charge in [0.15, 0.2) is 0 Å². The van der Waals surface area contributed by atoms with E-state index in [1.165, 1.54) is 12.1 Å². The molecule has 1 aromatic heterocycles. The lowest BCUT2D eigenvalue weighted by molar-refractivity contribution is -0.148. The van der Waals surface area contributed by atoms with E-state index in [2.05, 4.69) is 4.98 Å². The first-order chi connectivity index (χ1) is 9.19. The fraction of sp³-hybridized carbons (Fsp3) is 0.400. The molecular weight excluding hydrogens is 245 g/mol. The molecule has 0 saturated carbocycles. The van der Waals surface area contributed by atoms with Crippen LogP contribution in [-0.2, 0) is 22.4 Å². The van der Waals surface area contributed by atoms with Gasteiger partial charge >= 0.3 is 5.97 Å². The smallest absolute Gasteiger partial charge is 0.309 e. The van der Waals surface area contributed by atoms with Crippen molar-refractivity contribution in [1.29, 1.82) is 0 Å². The van der Waals surface area contributed by atoms with E-state index in [-0.39, 0.29) is 17.7 Å². The van der Waals surface area contributed by atoms with Gasteiger partial charge in [-0.15, -0.1) is 0 Å². The van der Waals surface area contributed by atoms with Gasteiger partial charge in [0.25, 0.3) is 0 Å². The quantitative estimate of drug-likeness (QED) is 0.844. The molecule has 1 aromatic carbocycles. The summed E-state index contributed by atoms with van der Waals surface area (Å²) >= 11 is 0. The number of aryl methyl sites for hydroxylation is 1. The zero-order chi connectivity index (χ0) is 13.4. The highest BCUT2D eigenvalue weighted by atomic mass is 19.1. The third-order valence-corrected chi connectivity index (χ3v) is 3.77. The van der Waals surface area contributed by atoms with Crippen molar-refractivity contribution in [3.05, 3.63) is 35.3 Å². The van der Waals surface area contributed by atoms with Gasteiger partial charge in [-0.05, 0) is 49.9 Å². The average molecular weight is 261 g/mol. The van der Waals surface area contributed by atoms with Crippen molar-refractivity contribution in [1.82, 2.24) is 4.98 Å². The second-order valence-corrected chi connectivity index (χ2v) is 4.96. The number of halogens is 1. The van der Waals surface area contributed by atoms with Gasteiger partial charge < -0.3 is 9.72 Å². The number of aromatic nitrogens is 1. The van der Waals surface area contributed by atoms with E-state index in [1.807, 2.05) is 6.92 Å². The predicted molar refractivity (Wildman–Crippen MR) is 70.4 cm³/mol. The summed E-state index contributed by atoms with van der Waals surface area (Å²) in [6, 6.07) is 4.74. The van der Waals surface area contributed by atoms with Crippen LogP contribution < -0.4 is 0 Å². The molecule has 0 radical (unpaired) electrons. The highest BCUT2D eigenvalue weighted by Gasteiger charge is 2.28. The minimum absolute atomic E-state index is 0.102. The molecule has 0 fully saturated rings. The number of H-pyrrole nitrogens is 1. The first-order valence-corrected chi connectivity index (χ1v) is 6.64. The van der Waals surface area contributed by atoms with Crippen LogP contribution in [0.2, 0.25) is 0 Å². The third kappa shape index (κ3) is 2.11. The maximum absolute atomic E-state index is 13.4.